The summed E-state index contributed by atoms with van der Waals surface area (Å²) in [5, 5.41) is 12.4. The number of ether oxygens (including phenoxy) is 1. The first-order chi connectivity index (χ1) is 8.13. The van der Waals surface area contributed by atoms with E-state index in [1.165, 1.54) is 11.8 Å². The average molecular weight is 274 g/mol. The van der Waals surface area contributed by atoms with Gasteiger partial charge in [-0.25, -0.2) is 0 Å². The monoisotopic (exact) mass is 273 g/mol. The molecule has 1 aliphatic heterocycles. The van der Waals surface area contributed by atoms with Crippen LogP contribution in [0.2, 0.25) is 5.02 Å². The van der Waals surface area contributed by atoms with Crippen molar-refractivity contribution in [3.63, 3.8) is 0 Å². The van der Waals surface area contributed by atoms with E-state index in [-0.39, 0.29) is 5.37 Å². The molecule has 0 amide bonds. The van der Waals surface area contributed by atoms with E-state index in [4.69, 9.17) is 21.4 Å². The number of carboxylic acid groups (broad SMARTS) is 1. The first kappa shape index (κ1) is 12.5. The summed E-state index contributed by atoms with van der Waals surface area (Å²) in [5.41, 5.74) is 0.811. The smallest absolute Gasteiger partial charge is 0.321 e. The van der Waals surface area contributed by atoms with Crippen LogP contribution in [0.4, 0.5) is 0 Å². The summed E-state index contributed by atoms with van der Waals surface area (Å²) in [6.45, 7) is 0. The molecule has 0 radical (unpaired) electrons. The highest BCUT2D eigenvalue weighted by atomic mass is 35.5. The predicted molar refractivity (Wildman–Crippen MR) is 67.8 cm³/mol. The van der Waals surface area contributed by atoms with Crippen molar-refractivity contribution in [3.8, 4) is 5.75 Å². The number of hydrogen-bond donors (Lipinski definition) is 2. The average Bonchev–Trinajstić information content (AvgIpc) is 2.77. The summed E-state index contributed by atoms with van der Waals surface area (Å²) in [6, 6.07) is 4.86. The molecule has 92 valence electrons. The maximum atomic E-state index is 10.9. The van der Waals surface area contributed by atoms with Crippen LogP contribution in [-0.2, 0) is 4.79 Å². The van der Waals surface area contributed by atoms with Gasteiger partial charge in [-0.3, -0.25) is 10.1 Å². The predicted octanol–water partition coefficient (Wildman–Crippen LogP) is 2.14. The van der Waals surface area contributed by atoms with Gasteiger partial charge < -0.3 is 9.84 Å². The molecule has 1 saturated heterocycles. The van der Waals surface area contributed by atoms with Gasteiger partial charge in [0.1, 0.15) is 11.8 Å². The Hall–Kier alpha value is -0.910. The summed E-state index contributed by atoms with van der Waals surface area (Å²) in [5.74, 6) is 0.355. The van der Waals surface area contributed by atoms with Gasteiger partial charge >= 0.3 is 5.97 Å². The molecule has 17 heavy (non-hydrogen) atoms. The zero-order valence-corrected chi connectivity index (χ0v) is 10.7. The summed E-state index contributed by atoms with van der Waals surface area (Å²) in [4.78, 5) is 10.9. The summed E-state index contributed by atoms with van der Waals surface area (Å²) >= 11 is 7.65. The van der Waals surface area contributed by atoms with Crippen molar-refractivity contribution in [1.82, 2.24) is 5.32 Å². The number of carbonyl (C=O) groups is 1. The second kappa shape index (κ2) is 5.16. The fraction of sp³-hybridized carbons (Fsp3) is 0.364. The van der Waals surface area contributed by atoms with E-state index in [2.05, 4.69) is 5.32 Å². The van der Waals surface area contributed by atoms with Crippen LogP contribution in [0.3, 0.4) is 0 Å². The van der Waals surface area contributed by atoms with Crippen LogP contribution in [0.25, 0.3) is 0 Å². The van der Waals surface area contributed by atoms with E-state index in [1.807, 2.05) is 6.07 Å². The van der Waals surface area contributed by atoms with Crippen molar-refractivity contribution in [1.29, 1.82) is 0 Å². The molecular formula is C11H12ClNO3S. The molecule has 4 nitrogen and oxygen atoms in total. The minimum atomic E-state index is -0.842. The number of thioether (sulfide) groups is 1. The van der Waals surface area contributed by atoms with Crippen LogP contribution in [0, 0.1) is 0 Å². The lowest BCUT2D eigenvalue weighted by Gasteiger charge is -2.16. The van der Waals surface area contributed by atoms with E-state index in [0.29, 0.717) is 16.5 Å². The molecule has 2 unspecified atom stereocenters. The number of benzene rings is 1. The quantitative estimate of drug-likeness (QED) is 0.884. The SMILES string of the molecule is COc1cccc(Cl)c1C1NC(C(=O)O)CS1. The normalized spacial score (nSPS) is 23.6. The number of hydrogen-bond acceptors (Lipinski definition) is 4. The lowest BCUT2D eigenvalue weighted by molar-refractivity contribution is -0.138. The first-order valence-electron chi connectivity index (χ1n) is 5.06. The van der Waals surface area contributed by atoms with Gasteiger partial charge in [-0.05, 0) is 12.1 Å². The number of carboxylic acids is 1. The Morgan fingerprint density at radius 2 is 2.41 bits per heavy atom. The zero-order chi connectivity index (χ0) is 12.4. The molecule has 1 heterocycles. The number of rotatable bonds is 3. The largest absolute Gasteiger partial charge is 0.496 e. The third-order valence-electron chi connectivity index (χ3n) is 2.58. The number of methoxy groups -OCH3 is 1. The minimum absolute atomic E-state index is 0.139. The molecule has 1 fully saturated rings. The van der Waals surface area contributed by atoms with E-state index < -0.39 is 12.0 Å². The molecule has 0 aromatic heterocycles. The number of aliphatic carboxylic acids is 1. The Kier molecular flexibility index (Phi) is 3.81. The summed E-state index contributed by atoms with van der Waals surface area (Å²) < 4.78 is 5.25. The Bertz CT molecular complexity index is 441. The van der Waals surface area contributed by atoms with Crippen molar-refractivity contribution in [2.24, 2.45) is 0 Å². The van der Waals surface area contributed by atoms with Crippen LogP contribution in [0.5, 0.6) is 5.75 Å². The summed E-state index contributed by atoms with van der Waals surface area (Å²) in [6.07, 6.45) is 0. The van der Waals surface area contributed by atoms with Gasteiger partial charge in [-0.15, -0.1) is 11.8 Å². The number of nitrogens with one attached hydrogen (secondary N) is 1. The van der Waals surface area contributed by atoms with Crippen molar-refractivity contribution in [2.75, 3.05) is 12.9 Å². The van der Waals surface area contributed by atoms with Gasteiger partial charge in [0.2, 0.25) is 0 Å². The zero-order valence-electron chi connectivity index (χ0n) is 9.14. The van der Waals surface area contributed by atoms with E-state index in [0.717, 1.165) is 5.56 Å². The second-order valence-corrected chi connectivity index (χ2v) is 5.17. The molecule has 2 atom stereocenters. The molecule has 1 aromatic carbocycles. The second-order valence-electron chi connectivity index (χ2n) is 3.63. The van der Waals surface area contributed by atoms with Crippen LogP contribution < -0.4 is 10.1 Å². The Balaban J connectivity index is 2.26. The van der Waals surface area contributed by atoms with E-state index >= 15 is 0 Å². The van der Waals surface area contributed by atoms with Gasteiger partial charge in [0, 0.05) is 16.3 Å². The third kappa shape index (κ3) is 2.51. The van der Waals surface area contributed by atoms with Crippen LogP contribution >= 0.6 is 23.4 Å². The molecule has 0 bridgehead atoms. The molecular weight excluding hydrogens is 262 g/mol. The fourth-order valence-electron chi connectivity index (χ4n) is 1.73. The van der Waals surface area contributed by atoms with Gasteiger partial charge in [0.15, 0.2) is 0 Å². The van der Waals surface area contributed by atoms with Crippen LogP contribution in [0.1, 0.15) is 10.9 Å². The Morgan fingerprint density at radius 1 is 1.65 bits per heavy atom. The van der Waals surface area contributed by atoms with E-state index in [1.54, 1.807) is 19.2 Å². The van der Waals surface area contributed by atoms with Gasteiger partial charge in [0.05, 0.1) is 12.5 Å². The lowest BCUT2D eigenvalue weighted by Crippen LogP contribution is -2.33. The Morgan fingerprint density at radius 3 is 3.00 bits per heavy atom. The van der Waals surface area contributed by atoms with Crippen molar-refractivity contribution >= 4 is 29.3 Å². The Labute approximate surface area is 108 Å². The lowest BCUT2D eigenvalue weighted by atomic mass is 10.2. The van der Waals surface area contributed by atoms with Gasteiger partial charge in [0.25, 0.3) is 0 Å². The highest BCUT2D eigenvalue weighted by Crippen LogP contribution is 2.41. The van der Waals surface area contributed by atoms with Crippen molar-refractivity contribution < 1.29 is 14.6 Å². The highest BCUT2D eigenvalue weighted by molar-refractivity contribution is 7.99. The van der Waals surface area contributed by atoms with Crippen molar-refractivity contribution in [3.05, 3.63) is 28.8 Å². The maximum absolute atomic E-state index is 10.9. The van der Waals surface area contributed by atoms with Crippen LogP contribution in [-0.4, -0.2) is 30.0 Å². The summed E-state index contributed by atoms with van der Waals surface area (Å²) in [7, 11) is 1.57. The van der Waals surface area contributed by atoms with Gasteiger partial charge in [-0.2, -0.15) is 0 Å². The maximum Gasteiger partial charge on any atom is 0.321 e. The molecule has 2 N–H and O–H groups in total. The minimum Gasteiger partial charge on any atom is -0.496 e. The molecule has 0 aliphatic carbocycles. The first-order valence-corrected chi connectivity index (χ1v) is 6.49. The molecule has 6 heteroatoms. The highest BCUT2D eigenvalue weighted by Gasteiger charge is 2.32. The van der Waals surface area contributed by atoms with E-state index in [9.17, 15) is 4.79 Å². The molecule has 1 aromatic rings. The molecule has 2 rings (SSSR count). The van der Waals surface area contributed by atoms with Gasteiger partial charge in [-0.1, -0.05) is 17.7 Å². The molecule has 1 aliphatic rings. The molecule has 0 spiro atoms. The fourth-order valence-corrected chi connectivity index (χ4v) is 3.36. The third-order valence-corrected chi connectivity index (χ3v) is 4.14. The molecule has 0 saturated carbocycles. The number of halogens is 1. The topological polar surface area (TPSA) is 58.6 Å². The standard InChI is InChI=1S/C11H12ClNO3S/c1-16-8-4-2-3-6(12)9(8)10-13-7(5-17-10)11(14)15/h2-4,7,10,13H,5H2,1H3,(H,14,15). The van der Waals surface area contributed by atoms with Crippen molar-refractivity contribution in [2.45, 2.75) is 11.4 Å². The van der Waals surface area contributed by atoms with Crippen LogP contribution in [0.15, 0.2) is 18.2 Å².